The average Bonchev–Trinajstić information content (AvgIpc) is 2.88. The van der Waals surface area contributed by atoms with Gasteiger partial charge in [-0.3, -0.25) is 13.9 Å². The van der Waals surface area contributed by atoms with E-state index in [0.29, 0.717) is 33.5 Å². The summed E-state index contributed by atoms with van der Waals surface area (Å²) in [6.45, 7) is 4.90. The van der Waals surface area contributed by atoms with Crippen LogP contribution in [-0.2, 0) is 26.2 Å². The van der Waals surface area contributed by atoms with Crippen LogP contribution in [0.1, 0.15) is 32.8 Å². The molecule has 40 heavy (non-hydrogen) atoms. The first-order valence-electron chi connectivity index (χ1n) is 12.7. The molecule has 3 rings (SSSR count). The van der Waals surface area contributed by atoms with Gasteiger partial charge in [-0.1, -0.05) is 54.4 Å². The van der Waals surface area contributed by atoms with Crippen molar-refractivity contribution in [3.63, 3.8) is 0 Å². The number of halogens is 2. The van der Waals surface area contributed by atoms with Crippen molar-refractivity contribution >= 4 is 50.7 Å². The Morgan fingerprint density at radius 2 is 1.57 bits per heavy atom. The van der Waals surface area contributed by atoms with Crippen molar-refractivity contribution in [2.75, 3.05) is 17.1 Å². The van der Waals surface area contributed by atoms with E-state index in [0.717, 1.165) is 10.6 Å². The van der Waals surface area contributed by atoms with E-state index >= 15 is 0 Å². The molecule has 0 radical (unpaired) electrons. The molecule has 0 bridgehead atoms. The molecule has 214 valence electrons. The fraction of sp³-hybridized carbons (Fsp3) is 0.310. The van der Waals surface area contributed by atoms with Crippen LogP contribution in [-0.4, -0.2) is 50.0 Å². The number of sulfonamides is 1. The Kier molecular flexibility index (Phi) is 10.8. The smallest absolute Gasteiger partial charge is 0.244 e. The molecule has 0 aliphatic heterocycles. The Labute approximate surface area is 245 Å². The van der Waals surface area contributed by atoms with Crippen LogP contribution in [0.2, 0.25) is 10.0 Å². The van der Waals surface area contributed by atoms with Crippen molar-refractivity contribution in [3.8, 4) is 11.5 Å². The highest BCUT2D eigenvalue weighted by atomic mass is 35.5. The second kappa shape index (κ2) is 13.9. The van der Waals surface area contributed by atoms with Gasteiger partial charge in [-0.05, 0) is 74.4 Å². The fourth-order valence-corrected chi connectivity index (χ4v) is 5.37. The molecule has 0 aliphatic carbocycles. The molecular weight excluding hydrogens is 573 g/mol. The maximum Gasteiger partial charge on any atom is 0.244 e. The van der Waals surface area contributed by atoms with Gasteiger partial charge in [0.25, 0.3) is 0 Å². The lowest BCUT2D eigenvalue weighted by Crippen LogP contribution is -2.53. The van der Waals surface area contributed by atoms with Crippen LogP contribution in [0.25, 0.3) is 0 Å². The maximum atomic E-state index is 13.8. The van der Waals surface area contributed by atoms with Gasteiger partial charge in [-0.15, -0.1) is 0 Å². The molecule has 1 N–H and O–H groups in total. The molecule has 1 atom stereocenters. The minimum Gasteiger partial charge on any atom is -0.457 e. The maximum absolute atomic E-state index is 13.8. The summed E-state index contributed by atoms with van der Waals surface area (Å²) >= 11 is 12.4. The van der Waals surface area contributed by atoms with Gasteiger partial charge in [0.05, 0.1) is 11.9 Å². The number of benzene rings is 3. The summed E-state index contributed by atoms with van der Waals surface area (Å²) in [4.78, 5) is 28.3. The number of anilines is 1. The SMILES string of the molecule is CC[C@H](C(=O)NC(C)C)N(Cc1ccc(Cl)cc1Cl)C(=O)CN(c1ccc(Oc2ccccc2)cc1)S(C)(=O)=O. The number of hydrogen-bond donors (Lipinski definition) is 1. The number of carbonyl (C=O) groups is 2. The van der Waals surface area contributed by atoms with Crippen LogP contribution in [0.15, 0.2) is 72.8 Å². The average molecular weight is 607 g/mol. The Bertz CT molecular complexity index is 1420. The van der Waals surface area contributed by atoms with Crippen molar-refractivity contribution in [1.29, 1.82) is 0 Å². The topological polar surface area (TPSA) is 96.0 Å². The van der Waals surface area contributed by atoms with E-state index in [1.54, 1.807) is 61.5 Å². The number of nitrogens with zero attached hydrogens (tertiary/aromatic N) is 2. The van der Waals surface area contributed by atoms with E-state index in [1.807, 2.05) is 32.0 Å². The standard InChI is InChI=1S/C29H33Cl2N3O5S/c1-5-27(29(36)32-20(2)3)33(18-21-11-12-22(30)17-26(21)31)28(35)19-34(40(4,37)38)23-13-15-25(16-14-23)39-24-9-7-6-8-10-24/h6-17,20,27H,5,18-19H2,1-4H3,(H,32,36)/t27-/m1/s1. The zero-order valence-corrected chi connectivity index (χ0v) is 25.1. The lowest BCUT2D eigenvalue weighted by Gasteiger charge is -2.33. The monoisotopic (exact) mass is 605 g/mol. The molecule has 3 aromatic carbocycles. The summed E-state index contributed by atoms with van der Waals surface area (Å²) in [6, 6.07) is 19.4. The summed E-state index contributed by atoms with van der Waals surface area (Å²) < 4.78 is 32.5. The molecule has 0 spiro atoms. The second-order valence-electron chi connectivity index (χ2n) is 9.52. The molecule has 0 aliphatic rings. The van der Waals surface area contributed by atoms with E-state index in [-0.39, 0.29) is 24.2 Å². The Morgan fingerprint density at radius 1 is 0.950 bits per heavy atom. The molecule has 11 heteroatoms. The highest BCUT2D eigenvalue weighted by molar-refractivity contribution is 7.92. The van der Waals surface area contributed by atoms with E-state index in [1.165, 1.54) is 4.90 Å². The first kappa shape index (κ1) is 31.3. The van der Waals surface area contributed by atoms with Crippen LogP contribution in [0.5, 0.6) is 11.5 Å². The van der Waals surface area contributed by atoms with E-state index < -0.39 is 28.5 Å². The van der Waals surface area contributed by atoms with E-state index in [4.69, 9.17) is 27.9 Å². The Morgan fingerprint density at radius 3 is 2.12 bits per heavy atom. The predicted molar refractivity (Wildman–Crippen MR) is 160 cm³/mol. The first-order chi connectivity index (χ1) is 18.9. The Balaban J connectivity index is 1.92. The highest BCUT2D eigenvalue weighted by Crippen LogP contribution is 2.27. The number of para-hydroxylation sites is 1. The number of carbonyl (C=O) groups excluding carboxylic acids is 2. The zero-order valence-electron chi connectivity index (χ0n) is 22.8. The van der Waals surface area contributed by atoms with Gasteiger partial charge in [0.2, 0.25) is 21.8 Å². The van der Waals surface area contributed by atoms with Gasteiger partial charge in [0.1, 0.15) is 24.1 Å². The fourth-order valence-electron chi connectivity index (χ4n) is 4.05. The van der Waals surface area contributed by atoms with Crippen molar-refractivity contribution < 1.29 is 22.7 Å². The molecule has 8 nitrogen and oxygen atoms in total. The number of ether oxygens (including phenoxy) is 1. The number of nitrogens with one attached hydrogen (secondary N) is 1. The van der Waals surface area contributed by atoms with Gasteiger partial charge in [0, 0.05) is 22.6 Å². The van der Waals surface area contributed by atoms with Crippen molar-refractivity contribution in [3.05, 3.63) is 88.4 Å². The van der Waals surface area contributed by atoms with Crippen molar-refractivity contribution in [2.45, 2.75) is 45.8 Å². The highest BCUT2D eigenvalue weighted by Gasteiger charge is 2.32. The van der Waals surface area contributed by atoms with Crippen LogP contribution in [0.4, 0.5) is 5.69 Å². The van der Waals surface area contributed by atoms with E-state index in [9.17, 15) is 18.0 Å². The third-order valence-electron chi connectivity index (χ3n) is 5.96. The summed E-state index contributed by atoms with van der Waals surface area (Å²) in [6.07, 6.45) is 1.33. The summed E-state index contributed by atoms with van der Waals surface area (Å²) in [5.41, 5.74) is 0.851. The van der Waals surface area contributed by atoms with Crippen molar-refractivity contribution in [1.82, 2.24) is 10.2 Å². The van der Waals surface area contributed by atoms with Crippen molar-refractivity contribution in [2.24, 2.45) is 0 Å². The summed E-state index contributed by atoms with van der Waals surface area (Å²) in [5.74, 6) is 0.230. The minimum atomic E-state index is -3.88. The van der Waals surface area contributed by atoms with Crippen LogP contribution >= 0.6 is 23.2 Å². The van der Waals surface area contributed by atoms with Gasteiger partial charge in [-0.25, -0.2) is 8.42 Å². The lowest BCUT2D eigenvalue weighted by molar-refractivity contribution is -0.140. The minimum absolute atomic E-state index is 0.0136. The van der Waals surface area contributed by atoms with Crippen LogP contribution < -0.4 is 14.4 Å². The summed E-state index contributed by atoms with van der Waals surface area (Å²) in [7, 11) is -3.88. The molecule has 0 aromatic heterocycles. The van der Waals surface area contributed by atoms with Gasteiger partial charge in [-0.2, -0.15) is 0 Å². The van der Waals surface area contributed by atoms with Gasteiger partial charge in [0.15, 0.2) is 0 Å². The van der Waals surface area contributed by atoms with E-state index in [2.05, 4.69) is 5.32 Å². The van der Waals surface area contributed by atoms with Crippen LogP contribution in [0.3, 0.4) is 0 Å². The Hall–Kier alpha value is -3.27. The van der Waals surface area contributed by atoms with Crippen LogP contribution in [0, 0.1) is 0 Å². The molecule has 0 saturated heterocycles. The number of rotatable bonds is 12. The third-order valence-corrected chi connectivity index (χ3v) is 7.68. The quantitative estimate of drug-likeness (QED) is 0.278. The first-order valence-corrected chi connectivity index (χ1v) is 15.3. The molecule has 0 fully saturated rings. The molecular formula is C29H33Cl2N3O5S. The number of amides is 2. The molecule has 2 amide bonds. The second-order valence-corrected chi connectivity index (χ2v) is 12.3. The number of hydrogen-bond acceptors (Lipinski definition) is 5. The van der Waals surface area contributed by atoms with Gasteiger partial charge >= 0.3 is 0 Å². The molecule has 0 saturated carbocycles. The zero-order chi connectivity index (χ0) is 29.4. The normalized spacial score (nSPS) is 12.1. The lowest BCUT2D eigenvalue weighted by atomic mass is 10.1. The molecule has 3 aromatic rings. The van der Waals surface area contributed by atoms with Gasteiger partial charge < -0.3 is 15.0 Å². The largest absolute Gasteiger partial charge is 0.457 e. The predicted octanol–water partition coefficient (Wildman–Crippen LogP) is 5.88. The molecule has 0 heterocycles. The molecule has 0 unspecified atom stereocenters. The summed E-state index contributed by atoms with van der Waals surface area (Å²) in [5, 5.41) is 3.61. The third kappa shape index (κ3) is 8.61.